The van der Waals surface area contributed by atoms with Crippen LogP contribution < -0.4 is 0 Å². The second kappa shape index (κ2) is 15.1. The van der Waals surface area contributed by atoms with Crippen molar-refractivity contribution >= 4 is 11.6 Å². The molecule has 0 spiro atoms. The van der Waals surface area contributed by atoms with Gasteiger partial charge in [-0.2, -0.15) is 0 Å². The van der Waals surface area contributed by atoms with Crippen molar-refractivity contribution in [1.82, 2.24) is 0 Å². The quantitative estimate of drug-likeness (QED) is 0.167. The smallest absolute Gasteiger partial charge is 0.160 e. The Morgan fingerprint density at radius 1 is 0.475 bits per heavy atom. The zero-order valence-electron chi connectivity index (χ0n) is 22.4. The average molecular weight is 559 g/mol. The molecule has 5 atom stereocenters. The first-order valence-electron chi connectivity index (χ1n) is 13.6. The Labute approximate surface area is 241 Å². The zero-order valence-corrected chi connectivity index (χ0v) is 23.1. The van der Waals surface area contributed by atoms with Crippen LogP contribution in [0.3, 0.4) is 0 Å². The topological polar surface area (TPSA) is 46.2 Å². The van der Waals surface area contributed by atoms with Gasteiger partial charge in [-0.25, -0.2) is 0 Å². The summed E-state index contributed by atoms with van der Waals surface area (Å²) < 4.78 is 31.9. The molecule has 0 N–H and O–H groups in total. The van der Waals surface area contributed by atoms with Crippen LogP contribution in [0, 0.1) is 0 Å². The van der Waals surface area contributed by atoms with Crippen molar-refractivity contribution in [1.29, 1.82) is 0 Å². The van der Waals surface area contributed by atoms with Gasteiger partial charge in [0.25, 0.3) is 0 Å². The number of halogens is 1. The standard InChI is InChI=1S/C34H35ClO5/c35-34-33(39-24-29-19-11-4-12-20-29)32(38-23-28-17-9-3-10-18-28)31(37-22-27-15-7-2-8-16-27)30(40-34)25-36-21-26-13-5-1-6-14-26/h1-20,30-34H,21-25H2. The van der Waals surface area contributed by atoms with Crippen LogP contribution in [-0.2, 0) is 50.1 Å². The molecule has 0 aromatic heterocycles. The third kappa shape index (κ3) is 8.24. The van der Waals surface area contributed by atoms with Gasteiger partial charge in [-0.15, -0.1) is 0 Å². The van der Waals surface area contributed by atoms with Crippen molar-refractivity contribution in [2.24, 2.45) is 0 Å². The molecule has 1 aliphatic rings. The van der Waals surface area contributed by atoms with Crippen molar-refractivity contribution in [3.8, 4) is 0 Å². The predicted octanol–water partition coefficient (Wildman–Crippen LogP) is 6.92. The molecule has 0 saturated carbocycles. The average Bonchev–Trinajstić information content (AvgIpc) is 3.01. The maximum absolute atomic E-state index is 6.86. The largest absolute Gasteiger partial charge is 0.374 e. The second-order valence-electron chi connectivity index (χ2n) is 9.81. The third-order valence-electron chi connectivity index (χ3n) is 6.83. The fraction of sp³-hybridized carbons (Fsp3) is 0.294. The Morgan fingerprint density at radius 2 is 0.850 bits per heavy atom. The number of hydrogen-bond acceptors (Lipinski definition) is 5. The van der Waals surface area contributed by atoms with Crippen molar-refractivity contribution < 1.29 is 23.7 Å². The van der Waals surface area contributed by atoms with Gasteiger partial charge in [0.1, 0.15) is 24.4 Å². The molecule has 208 valence electrons. The highest BCUT2D eigenvalue weighted by molar-refractivity contribution is 6.20. The van der Waals surface area contributed by atoms with Gasteiger partial charge in [-0.05, 0) is 22.3 Å². The Kier molecular flexibility index (Phi) is 10.8. The van der Waals surface area contributed by atoms with Gasteiger partial charge in [-0.3, -0.25) is 0 Å². The molecular formula is C34H35ClO5. The first-order valence-corrected chi connectivity index (χ1v) is 14.1. The van der Waals surface area contributed by atoms with Crippen LogP contribution in [0.2, 0.25) is 0 Å². The van der Waals surface area contributed by atoms with E-state index >= 15 is 0 Å². The Bertz CT molecular complexity index is 1240. The van der Waals surface area contributed by atoms with Crippen LogP contribution in [0.15, 0.2) is 121 Å². The van der Waals surface area contributed by atoms with E-state index in [1.54, 1.807) is 0 Å². The van der Waals surface area contributed by atoms with Gasteiger partial charge in [0.15, 0.2) is 5.56 Å². The molecule has 5 unspecified atom stereocenters. The summed E-state index contributed by atoms with van der Waals surface area (Å²) in [4.78, 5) is 0. The van der Waals surface area contributed by atoms with E-state index in [0.717, 1.165) is 22.3 Å². The summed E-state index contributed by atoms with van der Waals surface area (Å²) in [6.45, 7) is 1.93. The second-order valence-corrected chi connectivity index (χ2v) is 10.2. The third-order valence-corrected chi connectivity index (χ3v) is 7.18. The van der Waals surface area contributed by atoms with E-state index in [4.69, 9.17) is 35.3 Å². The fourth-order valence-corrected chi connectivity index (χ4v) is 5.08. The number of rotatable bonds is 13. The van der Waals surface area contributed by atoms with Gasteiger partial charge >= 0.3 is 0 Å². The minimum atomic E-state index is -0.744. The molecule has 4 aromatic rings. The van der Waals surface area contributed by atoms with E-state index < -0.39 is 30.0 Å². The van der Waals surface area contributed by atoms with Gasteiger partial charge in [0.2, 0.25) is 0 Å². The number of benzene rings is 4. The molecule has 0 amide bonds. The van der Waals surface area contributed by atoms with Gasteiger partial charge in [-0.1, -0.05) is 133 Å². The molecule has 0 bridgehead atoms. The Morgan fingerprint density at radius 3 is 1.30 bits per heavy atom. The monoisotopic (exact) mass is 558 g/mol. The summed E-state index contributed by atoms with van der Waals surface area (Å²) in [6.07, 6.45) is -1.98. The lowest BCUT2D eigenvalue weighted by Crippen LogP contribution is -2.59. The Balaban J connectivity index is 1.36. The van der Waals surface area contributed by atoms with Crippen molar-refractivity contribution in [2.75, 3.05) is 6.61 Å². The van der Waals surface area contributed by atoms with E-state index in [1.165, 1.54) is 0 Å². The highest BCUT2D eigenvalue weighted by Gasteiger charge is 2.47. The first kappa shape index (κ1) is 28.5. The van der Waals surface area contributed by atoms with E-state index in [0.29, 0.717) is 33.0 Å². The number of hydrogen-bond donors (Lipinski definition) is 0. The summed E-state index contributed by atoms with van der Waals surface area (Å²) in [7, 11) is 0. The predicted molar refractivity (Wildman–Crippen MR) is 156 cm³/mol. The summed E-state index contributed by atoms with van der Waals surface area (Å²) in [5.74, 6) is 0. The highest BCUT2D eigenvalue weighted by Crippen LogP contribution is 2.32. The molecule has 6 heteroatoms. The molecule has 0 radical (unpaired) electrons. The first-order chi connectivity index (χ1) is 19.8. The minimum Gasteiger partial charge on any atom is -0.374 e. The lowest BCUT2D eigenvalue weighted by molar-refractivity contribution is -0.256. The summed E-state index contributed by atoms with van der Waals surface area (Å²) >= 11 is 6.86. The maximum atomic E-state index is 6.86. The summed E-state index contributed by atoms with van der Waals surface area (Å²) in [6, 6.07) is 40.2. The van der Waals surface area contributed by atoms with E-state index in [2.05, 4.69) is 0 Å². The molecule has 1 saturated heterocycles. The van der Waals surface area contributed by atoms with E-state index in [1.807, 2.05) is 121 Å². The fourth-order valence-electron chi connectivity index (χ4n) is 4.73. The van der Waals surface area contributed by atoms with Crippen LogP contribution in [-0.4, -0.2) is 36.6 Å². The molecule has 5 nitrogen and oxygen atoms in total. The number of ether oxygens (including phenoxy) is 5. The minimum absolute atomic E-state index is 0.300. The lowest BCUT2D eigenvalue weighted by Gasteiger charge is -2.44. The molecule has 5 rings (SSSR count). The van der Waals surface area contributed by atoms with E-state index in [-0.39, 0.29) is 0 Å². The van der Waals surface area contributed by atoms with Crippen LogP contribution >= 0.6 is 11.6 Å². The van der Waals surface area contributed by atoms with Crippen LogP contribution in [0.25, 0.3) is 0 Å². The maximum Gasteiger partial charge on any atom is 0.160 e. The summed E-state index contributed by atoms with van der Waals surface area (Å²) in [5, 5.41) is 0. The molecular weight excluding hydrogens is 524 g/mol. The molecule has 4 aromatic carbocycles. The summed E-state index contributed by atoms with van der Waals surface area (Å²) in [5.41, 5.74) is 3.50. The molecule has 1 aliphatic heterocycles. The SMILES string of the molecule is ClC1OC(COCc2ccccc2)C(OCc2ccccc2)C(OCc2ccccc2)C1OCc1ccccc1. The molecule has 40 heavy (non-hydrogen) atoms. The van der Waals surface area contributed by atoms with Gasteiger partial charge in [0.05, 0.1) is 33.0 Å². The molecule has 1 heterocycles. The Hall–Kier alpha value is -3.03. The normalized spacial score (nSPS) is 22.7. The zero-order chi connectivity index (χ0) is 27.4. The van der Waals surface area contributed by atoms with Crippen molar-refractivity contribution in [2.45, 2.75) is 56.4 Å². The van der Waals surface area contributed by atoms with E-state index in [9.17, 15) is 0 Å². The van der Waals surface area contributed by atoms with Crippen molar-refractivity contribution in [3.63, 3.8) is 0 Å². The van der Waals surface area contributed by atoms with Crippen molar-refractivity contribution in [3.05, 3.63) is 144 Å². The van der Waals surface area contributed by atoms with Gasteiger partial charge in [0, 0.05) is 0 Å². The van der Waals surface area contributed by atoms with Gasteiger partial charge < -0.3 is 23.7 Å². The lowest BCUT2D eigenvalue weighted by atomic mass is 9.99. The highest BCUT2D eigenvalue weighted by atomic mass is 35.5. The van der Waals surface area contributed by atoms with Crippen LogP contribution in [0.4, 0.5) is 0 Å². The van der Waals surface area contributed by atoms with Crippen LogP contribution in [0.5, 0.6) is 0 Å². The van der Waals surface area contributed by atoms with Crippen LogP contribution in [0.1, 0.15) is 22.3 Å². The molecule has 0 aliphatic carbocycles. The number of alkyl halides is 1. The molecule has 1 fully saturated rings.